The molecule has 3 aromatic rings. The zero-order chi connectivity index (χ0) is 16.6. The Labute approximate surface area is 158 Å². The summed E-state index contributed by atoms with van der Waals surface area (Å²) in [5.41, 5.74) is 2.94. The van der Waals surface area contributed by atoms with Crippen molar-refractivity contribution in [3.05, 3.63) is 45.6 Å². The third-order valence-corrected chi connectivity index (χ3v) is 7.27. The second-order valence-electron chi connectivity index (χ2n) is 5.00. The lowest BCUT2D eigenvalue weighted by Crippen LogP contribution is -2.00. The van der Waals surface area contributed by atoms with Crippen LogP contribution in [0.1, 0.15) is 24.9 Å². The van der Waals surface area contributed by atoms with E-state index in [0.29, 0.717) is 10.7 Å². The van der Waals surface area contributed by atoms with Crippen molar-refractivity contribution in [3.63, 3.8) is 0 Å². The van der Waals surface area contributed by atoms with Crippen LogP contribution in [0.15, 0.2) is 30.3 Å². The maximum atomic E-state index is 12.4. The fourth-order valence-electron chi connectivity index (χ4n) is 2.57. The molecule has 2 nitrogen and oxygen atoms in total. The molecule has 0 saturated heterocycles. The molecule has 3 rings (SSSR count). The summed E-state index contributed by atoms with van der Waals surface area (Å²) in [5, 5.41) is 1.65. The van der Waals surface area contributed by atoms with Gasteiger partial charge in [0, 0.05) is 10.9 Å². The monoisotopic (exact) mass is 470 g/mol. The molecule has 0 N–H and O–H groups in total. The van der Waals surface area contributed by atoms with Crippen molar-refractivity contribution >= 4 is 75.5 Å². The van der Waals surface area contributed by atoms with E-state index in [2.05, 4.69) is 31.9 Å². The normalized spacial score (nSPS) is 11.1. The molecular formula is C17H12Br2O2S2. The summed E-state index contributed by atoms with van der Waals surface area (Å²) in [6.07, 6.45) is 0. The summed E-state index contributed by atoms with van der Waals surface area (Å²) in [5.74, 6) is 0.160. The molecule has 0 aliphatic rings. The predicted molar refractivity (Wildman–Crippen MR) is 106 cm³/mol. The summed E-state index contributed by atoms with van der Waals surface area (Å²) in [6, 6.07) is 9.91. The van der Waals surface area contributed by atoms with Crippen molar-refractivity contribution in [2.45, 2.75) is 6.92 Å². The Hall–Kier alpha value is -0.820. The largest absolute Gasteiger partial charge is 0.292 e. The quantitative estimate of drug-likeness (QED) is 0.333. The van der Waals surface area contributed by atoms with Gasteiger partial charge in [0.15, 0.2) is 11.6 Å². The molecule has 118 valence electrons. The second kappa shape index (κ2) is 6.97. The number of halogens is 2. The van der Waals surface area contributed by atoms with Gasteiger partial charge in [-0.25, -0.2) is 0 Å². The van der Waals surface area contributed by atoms with Crippen molar-refractivity contribution in [1.82, 2.24) is 0 Å². The highest BCUT2D eigenvalue weighted by molar-refractivity contribution is 9.09. The summed E-state index contributed by atoms with van der Waals surface area (Å²) >= 11 is 9.49. The fourth-order valence-corrected chi connectivity index (χ4v) is 6.20. The second-order valence-corrected chi connectivity index (χ2v) is 8.43. The average Bonchev–Trinajstić information content (AvgIpc) is 3.11. The van der Waals surface area contributed by atoms with Gasteiger partial charge in [0.05, 0.1) is 24.4 Å². The summed E-state index contributed by atoms with van der Waals surface area (Å²) in [7, 11) is 0. The first-order valence-electron chi connectivity index (χ1n) is 6.88. The maximum absolute atomic E-state index is 12.4. The van der Waals surface area contributed by atoms with Gasteiger partial charge in [0.2, 0.25) is 0 Å². The predicted octanol–water partition coefficient (Wildman–Crippen LogP) is 6.09. The van der Waals surface area contributed by atoms with E-state index >= 15 is 0 Å². The van der Waals surface area contributed by atoms with Crippen LogP contribution < -0.4 is 0 Å². The van der Waals surface area contributed by atoms with Gasteiger partial charge in [0.25, 0.3) is 0 Å². The number of Topliss-reactive ketones (excluding diaryl/α,β-unsaturated/α-hetero) is 2. The summed E-state index contributed by atoms with van der Waals surface area (Å²) < 4.78 is 1.04. The smallest absolute Gasteiger partial charge is 0.183 e. The van der Waals surface area contributed by atoms with Gasteiger partial charge in [-0.1, -0.05) is 62.2 Å². The van der Waals surface area contributed by atoms with Crippen LogP contribution in [0.25, 0.3) is 20.5 Å². The molecule has 0 aliphatic carbocycles. The van der Waals surface area contributed by atoms with Gasteiger partial charge in [-0.05, 0) is 18.1 Å². The molecule has 0 atom stereocenters. The molecule has 0 aliphatic heterocycles. The van der Waals surface area contributed by atoms with Crippen molar-refractivity contribution in [2.75, 3.05) is 10.7 Å². The molecule has 0 fully saturated rings. The number of ketones is 2. The molecule has 6 heteroatoms. The van der Waals surface area contributed by atoms with Crippen molar-refractivity contribution in [3.8, 4) is 11.1 Å². The number of rotatable bonds is 5. The molecule has 0 saturated carbocycles. The standard InChI is InChI=1S/C17H12Br2O2S2/c1-9-13-14(10-5-3-2-4-6-10)16(12(21)8-19)23-17(13)22-15(9)11(20)7-18/h2-6H,7-8H2,1H3. The van der Waals surface area contributed by atoms with Crippen LogP contribution in [-0.2, 0) is 0 Å². The lowest BCUT2D eigenvalue weighted by Gasteiger charge is -2.04. The Morgan fingerprint density at radius 1 is 0.957 bits per heavy atom. The van der Waals surface area contributed by atoms with Crippen LogP contribution >= 0.6 is 54.5 Å². The van der Waals surface area contributed by atoms with Gasteiger partial charge < -0.3 is 0 Å². The number of aryl methyl sites for hydroxylation is 1. The van der Waals surface area contributed by atoms with E-state index in [1.54, 1.807) is 0 Å². The van der Waals surface area contributed by atoms with Crippen molar-refractivity contribution < 1.29 is 9.59 Å². The molecular weight excluding hydrogens is 460 g/mol. The average molecular weight is 472 g/mol. The van der Waals surface area contributed by atoms with Crippen LogP contribution in [0.3, 0.4) is 0 Å². The van der Waals surface area contributed by atoms with E-state index in [-0.39, 0.29) is 11.6 Å². The first-order chi connectivity index (χ1) is 11.1. The highest BCUT2D eigenvalue weighted by atomic mass is 79.9. The van der Waals surface area contributed by atoms with Crippen LogP contribution in [0.4, 0.5) is 0 Å². The van der Waals surface area contributed by atoms with Gasteiger partial charge in [-0.3, -0.25) is 9.59 Å². The van der Waals surface area contributed by atoms with Crippen LogP contribution in [0, 0.1) is 6.92 Å². The number of carbonyl (C=O) groups is 2. The molecule has 1 aromatic carbocycles. The molecule has 0 spiro atoms. The van der Waals surface area contributed by atoms with Crippen molar-refractivity contribution in [1.29, 1.82) is 0 Å². The van der Waals surface area contributed by atoms with E-state index < -0.39 is 0 Å². The first kappa shape index (κ1) is 17.0. The van der Waals surface area contributed by atoms with Gasteiger partial charge >= 0.3 is 0 Å². The minimum Gasteiger partial charge on any atom is -0.292 e. The highest BCUT2D eigenvalue weighted by Crippen LogP contribution is 2.46. The van der Waals surface area contributed by atoms with E-state index in [1.807, 2.05) is 37.3 Å². The Balaban J connectivity index is 2.34. The van der Waals surface area contributed by atoms with Crippen molar-refractivity contribution in [2.24, 2.45) is 0 Å². The Morgan fingerprint density at radius 2 is 1.52 bits per heavy atom. The number of alkyl halides is 2. The molecule has 0 unspecified atom stereocenters. The minimum absolute atomic E-state index is 0.0741. The molecule has 0 radical (unpaired) electrons. The first-order valence-corrected chi connectivity index (χ1v) is 10.8. The fraction of sp³-hybridized carbons (Fsp3) is 0.176. The lowest BCUT2D eigenvalue weighted by atomic mass is 9.99. The van der Waals surface area contributed by atoms with E-state index in [0.717, 1.165) is 35.8 Å². The highest BCUT2D eigenvalue weighted by Gasteiger charge is 2.25. The lowest BCUT2D eigenvalue weighted by molar-refractivity contribution is 0.101. The Bertz CT molecular complexity index is 894. The number of hydrogen-bond donors (Lipinski definition) is 0. The number of fused-ring (bicyclic) bond motifs is 1. The molecule has 0 amide bonds. The van der Waals surface area contributed by atoms with E-state index in [9.17, 15) is 9.59 Å². The van der Waals surface area contributed by atoms with Gasteiger partial charge in [-0.15, -0.1) is 22.7 Å². The topological polar surface area (TPSA) is 34.1 Å². The zero-order valence-corrected chi connectivity index (χ0v) is 17.0. The van der Waals surface area contributed by atoms with Crippen LogP contribution in [0.5, 0.6) is 0 Å². The van der Waals surface area contributed by atoms with Gasteiger partial charge in [0.1, 0.15) is 0 Å². The molecule has 2 aromatic heterocycles. The number of thiophene rings is 2. The summed E-state index contributed by atoms with van der Waals surface area (Å²) in [4.78, 5) is 26.0. The molecule has 23 heavy (non-hydrogen) atoms. The van der Waals surface area contributed by atoms with Crippen LogP contribution in [0.2, 0.25) is 0 Å². The van der Waals surface area contributed by atoms with E-state index in [4.69, 9.17) is 0 Å². The number of benzene rings is 1. The number of hydrogen-bond acceptors (Lipinski definition) is 4. The van der Waals surface area contributed by atoms with Crippen LogP contribution in [-0.4, -0.2) is 22.2 Å². The Morgan fingerprint density at radius 3 is 2.13 bits per heavy atom. The van der Waals surface area contributed by atoms with Gasteiger partial charge in [-0.2, -0.15) is 0 Å². The van der Waals surface area contributed by atoms with E-state index in [1.165, 1.54) is 22.7 Å². The molecule has 2 heterocycles. The maximum Gasteiger partial charge on any atom is 0.183 e. The SMILES string of the molecule is Cc1c(C(=O)CBr)sc2sc(C(=O)CBr)c(-c3ccccc3)c12. The third-order valence-electron chi connectivity index (χ3n) is 3.60. The minimum atomic E-state index is 0.0741. The summed E-state index contributed by atoms with van der Waals surface area (Å²) in [6.45, 7) is 1.97. The zero-order valence-electron chi connectivity index (χ0n) is 12.2. The Kier molecular flexibility index (Phi) is 5.16. The third kappa shape index (κ3) is 2.97. The number of carbonyl (C=O) groups excluding carboxylic acids is 2. The molecule has 0 bridgehead atoms.